The molecule has 0 bridgehead atoms. The third kappa shape index (κ3) is 4.81. The van der Waals surface area contributed by atoms with E-state index in [0.717, 1.165) is 11.3 Å². The number of thiazole rings is 1. The van der Waals surface area contributed by atoms with Crippen LogP contribution in [0, 0.1) is 0 Å². The molecule has 1 fully saturated rings. The topological polar surface area (TPSA) is 167 Å². The summed E-state index contributed by atoms with van der Waals surface area (Å²) in [5.74, 6) is -2.35. The molecule has 3 rings (SSSR count). The van der Waals surface area contributed by atoms with E-state index in [-0.39, 0.29) is 35.6 Å². The van der Waals surface area contributed by atoms with Crippen LogP contribution in [-0.2, 0) is 25.8 Å². The van der Waals surface area contributed by atoms with E-state index in [2.05, 4.69) is 15.5 Å². The first-order valence-electron chi connectivity index (χ1n) is 9.15. The quantitative estimate of drug-likeness (QED) is 0.255. The van der Waals surface area contributed by atoms with E-state index < -0.39 is 23.5 Å². The number of aliphatic hydroxyl groups is 1. The standard InChI is InChI=1S/C19H21N5O6S/c1-19(2,17(28)29)30-23-14(13-9-31-18(20)22-13)15(26)21-12-7-24(16(12)27)11-5-3-10(8-25)4-6-11/h3-6,9,12,25H,7-8H2,1-2H3,(H2,20,22)(H,21,26)(H,28,29)/b23-14-/t12-/m0/s1. The van der Waals surface area contributed by atoms with Crippen LogP contribution >= 0.6 is 11.3 Å². The molecule has 0 saturated carbocycles. The molecule has 2 heterocycles. The molecule has 0 radical (unpaired) electrons. The SMILES string of the molecule is CC(C)(O/N=C(\C(=O)N[C@H]1CN(c2ccc(CO)cc2)C1=O)c1csc(N)n1)C(=O)O. The molecule has 11 nitrogen and oxygen atoms in total. The fraction of sp³-hybridized carbons (Fsp3) is 0.316. The zero-order valence-electron chi connectivity index (χ0n) is 16.7. The Balaban J connectivity index is 1.72. The van der Waals surface area contributed by atoms with E-state index in [1.807, 2.05) is 0 Å². The molecular formula is C19H21N5O6S. The largest absolute Gasteiger partial charge is 0.478 e. The Morgan fingerprint density at radius 1 is 1.39 bits per heavy atom. The molecule has 0 spiro atoms. The van der Waals surface area contributed by atoms with Crippen LogP contribution in [-0.4, -0.2) is 56.9 Å². The van der Waals surface area contributed by atoms with Crippen molar-refractivity contribution < 1.29 is 29.4 Å². The number of nitrogen functional groups attached to an aromatic ring is 1. The summed E-state index contributed by atoms with van der Waals surface area (Å²) in [4.78, 5) is 47.0. The minimum atomic E-state index is -1.68. The zero-order chi connectivity index (χ0) is 22.8. The van der Waals surface area contributed by atoms with E-state index in [4.69, 9.17) is 15.7 Å². The van der Waals surface area contributed by atoms with Gasteiger partial charge in [0.1, 0.15) is 11.7 Å². The predicted molar refractivity (Wildman–Crippen MR) is 113 cm³/mol. The van der Waals surface area contributed by atoms with Crippen molar-refractivity contribution in [1.82, 2.24) is 10.3 Å². The molecule has 2 amide bonds. The lowest BCUT2D eigenvalue weighted by molar-refractivity contribution is -0.161. The van der Waals surface area contributed by atoms with Gasteiger partial charge in [-0.1, -0.05) is 17.3 Å². The number of rotatable bonds is 8. The number of oxime groups is 1. The van der Waals surface area contributed by atoms with Crippen molar-refractivity contribution >= 4 is 45.7 Å². The van der Waals surface area contributed by atoms with Crippen molar-refractivity contribution in [2.75, 3.05) is 17.2 Å². The molecule has 1 aliphatic heterocycles. The van der Waals surface area contributed by atoms with Crippen molar-refractivity contribution in [2.45, 2.75) is 32.1 Å². The Kier molecular flexibility index (Phi) is 6.22. The molecule has 164 valence electrons. The third-order valence-electron chi connectivity index (χ3n) is 4.53. The number of nitrogens with zero attached hydrogens (tertiary/aromatic N) is 3. The number of anilines is 2. The minimum absolute atomic E-state index is 0.100. The lowest BCUT2D eigenvalue weighted by atomic mass is 10.0. The molecule has 1 atom stereocenters. The molecule has 0 aliphatic carbocycles. The number of nitrogens with one attached hydrogen (secondary N) is 1. The van der Waals surface area contributed by atoms with Gasteiger partial charge in [-0.05, 0) is 31.5 Å². The van der Waals surface area contributed by atoms with Crippen LogP contribution in [0.25, 0.3) is 0 Å². The number of amides is 2. The first kappa shape index (κ1) is 22.2. The van der Waals surface area contributed by atoms with Crippen molar-refractivity contribution in [3.05, 3.63) is 40.9 Å². The average Bonchev–Trinajstić information content (AvgIpc) is 3.16. The summed E-state index contributed by atoms with van der Waals surface area (Å²) >= 11 is 1.07. The van der Waals surface area contributed by atoms with Crippen molar-refractivity contribution in [3.63, 3.8) is 0 Å². The first-order chi connectivity index (χ1) is 14.6. The van der Waals surface area contributed by atoms with Gasteiger partial charge in [-0.25, -0.2) is 9.78 Å². The number of carboxylic acid groups (broad SMARTS) is 1. The van der Waals surface area contributed by atoms with Gasteiger partial charge >= 0.3 is 5.97 Å². The second kappa shape index (κ2) is 8.70. The number of carboxylic acids is 1. The average molecular weight is 447 g/mol. The lowest BCUT2D eigenvalue weighted by Crippen LogP contribution is -2.65. The summed E-state index contributed by atoms with van der Waals surface area (Å²) in [5.41, 5.74) is 5.10. The fourth-order valence-electron chi connectivity index (χ4n) is 2.57. The number of hydrogen-bond donors (Lipinski definition) is 4. The van der Waals surface area contributed by atoms with Gasteiger partial charge < -0.3 is 31.0 Å². The maximum Gasteiger partial charge on any atom is 0.350 e. The maximum atomic E-state index is 12.8. The van der Waals surface area contributed by atoms with Gasteiger partial charge in [-0.2, -0.15) is 0 Å². The van der Waals surface area contributed by atoms with Crippen LogP contribution in [0.5, 0.6) is 0 Å². The fourth-order valence-corrected chi connectivity index (χ4v) is 3.12. The minimum Gasteiger partial charge on any atom is -0.478 e. The van der Waals surface area contributed by atoms with Gasteiger partial charge in [0.15, 0.2) is 10.8 Å². The molecule has 31 heavy (non-hydrogen) atoms. The summed E-state index contributed by atoms with van der Waals surface area (Å²) < 4.78 is 0. The van der Waals surface area contributed by atoms with Gasteiger partial charge in [0.2, 0.25) is 5.60 Å². The molecular weight excluding hydrogens is 426 g/mol. The Labute approximate surface area is 181 Å². The van der Waals surface area contributed by atoms with Gasteiger partial charge in [0.25, 0.3) is 11.8 Å². The van der Waals surface area contributed by atoms with Gasteiger partial charge in [-0.15, -0.1) is 11.3 Å². The van der Waals surface area contributed by atoms with Crippen LogP contribution in [0.3, 0.4) is 0 Å². The number of hydrogen-bond acceptors (Lipinski definition) is 9. The normalized spacial score (nSPS) is 16.6. The molecule has 1 aliphatic rings. The number of β-lactam (4-membered cyclic amide) rings is 1. The van der Waals surface area contributed by atoms with E-state index in [1.54, 1.807) is 24.3 Å². The van der Waals surface area contributed by atoms with Crippen molar-refractivity contribution in [2.24, 2.45) is 5.16 Å². The summed E-state index contributed by atoms with van der Waals surface area (Å²) in [6.07, 6.45) is 0. The molecule has 0 unspecified atom stereocenters. The summed E-state index contributed by atoms with van der Waals surface area (Å²) in [6, 6.07) is 6.02. The first-order valence-corrected chi connectivity index (χ1v) is 10.0. The Hall–Kier alpha value is -3.51. The smallest absolute Gasteiger partial charge is 0.350 e. The van der Waals surface area contributed by atoms with Crippen LogP contribution < -0.4 is 16.0 Å². The second-order valence-corrected chi connectivity index (χ2v) is 8.11. The highest BCUT2D eigenvalue weighted by Gasteiger charge is 2.40. The van der Waals surface area contributed by atoms with Gasteiger partial charge in [-0.3, -0.25) is 9.59 Å². The summed E-state index contributed by atoms with van der Waals surface area (Å²) in [6.45, 7) is 2.69. The number of carbonyl (C=O) groups excluding carboxylic acids is 2. The van der Waals surface area contributed by atoms with Gasteiger partial charge in [0.05, 0.1) is 13.2 Å². The van der Waals surface area contributed by atoms with E-state index in [0.29, 0.717) is 11.3 Å². The van der Waals surface area contributed by atoms with Crippen LogP contribution in [0.1, 0.15) is 25.1 Å². The van der Waals surface area contributed by atoms with Crippen molar-refractivity contribution in [3.8, 4) is 0 Å². The number of aliphatic carboxylic acids is 1. The molecule has 5 N–H and O–H groups in total. The van der Waals surface area contributed by atoms with E-state index in [9.17, 15) is 19.5 Å². The van der Waals surface area contributed by atoms with Crippen LogP contribution in [0.2, 0.25) is 0 Å². The number of aromatic nitrogens is 1. The zero-order valence-corrected chi connectivity index (χ0v) is 17.5. The number of carbonyl (C=O) groups is 3. The number of aliphatic hydroxyl groups excluding tert-OH is 1. The van der Waals surface area contributed by atoms with Crippen LogP contribution in [0.4, 0.5) is 10.8 Å². The number of nitrogens with two attached hydrogens (primary N) is 1. The summed E-state index contributed by atoms with van der Waals surface area (Å²) in [7, 11) is 0. The molecule has 2 aromatic rings. The Morgan fingerprint density at radius 3 is 2.58 bits per heavy atom. The molecule has 12 heteroatoms. The molecule has 1 aromatic carbocycles. The monoisotopic (exact) mass is 447 g/mol. The van der Waals surface area contributed by atoms with Crippen molar-refractivity contribution in [1.29, 1.82) is 0 Å². The highest BCUT2D eigenvalue weighted by atomic mass is 32.1. The number of benzene rings is 1. The maximum absolute atomic E-state index is 12.8. The molecule has 1 aromatic heterocycles. The van der Waals surface area contributed by atoms with E-state index >= 15 is 0 Å². The van der Waals surface area contributed by atoms with Gasteiger partial charge in [0, 0.05) is 11.1 Å². The van der Waals surface area contributed by atoms with Crippen LogP contribution in [0.15, 0.2) is 34.8 Å². The van der Waals surface area contributed by atoms with E-state index in [1.165, 1.54) is 24.1 Å². The Bertz CT molecular complexity index is 1030. The summed E-state index contributed by atoms with van der Waals surface area (Å²) in [5, 5.41) is 26.2. The Morgan fingerprint density at radius 2 is 2.06 bits per heavy atom. The molecule has 1 saturated heterocycles. The predicted octanol–water partition coefficient (Wildman–Crippen LogP) is 0.333. The highest BCUT2D eigenvalue weighted by Crippen LogP contribution is 2.23. The second-order valence-electron chi connectivity index (χ2n) is 7.22. The highest BCUT2D eigenvalue weighted by molar-refractivity contribution is 7.13. The lowest BCUT2D eigenvalue weighted by Gasteiger charge is -2.38. The third-order valence-corrected chi connectivity index (χ3v) is 5.20.